The highest BCUT2D eigenvalue weighted by Gasteiger charge is 2.21. The molecule has 17 heavy (non-hydrogen) atoms. The highest BCUT2D eigenvalue weighted by atomic mass is 35.5. The van der Waals surface area contributed by atoms with E-state index in [4.69, 9.17) is 23.2 Å². The van der Waals surface area contributed by atoms with Gasteiger partial charge in [-0.2, -0.15) is 5.10 Å². The van der Waals surface area contributed by atoms with Crippen molar-refractivity contribution in [2.45, 2.75) is 26.0 Å². The number of aliphatic hydroxyl groups excluding tert-OH is 1. The topological polar surface area (TPSA) is 38.0 Å². The van der Waals surface area contributed by atoms with Crippen LogP contribution in [-0.2, 0) is 0 Å². The summed E-state index contributed by atoms with van der Waals surface area (Å²) < 4.78 is 2.85. The first kappa shape index (κ1) is 12.9. The zero-order chi connectivity index (χ0) is 12.6. The molecule has 0 aliphatic carbocycles. The van der Waals surface area contributed by atoms with Crippen LogP contribution in [-0.4, -0.2) is 14.9 Å². The zero-order valence-corrected chi connectivity index (χ0v) is 11.7. The van der Waals surface area contributed by atoms with Crippen molar-refractivity contribution in [3.8, 4) is 0 Å². The molecule has 0 spiro atoms. The summed E-state index contributed by atoms with van der Waals surface area (Å²) in [6.07, 6.45) is 0.872. The lowest BCUT2D eigenvalue weighted by molar-refractivity contribution is 0.205. The minimum Gasteiger partial charge on any atom is -0.382 e. The van der Waals surface area contributed by atoms with Crippen LogP contribution in [0.5, 0.6) is 0 Å². The van der Waals surface area contributed by atoms with Gasteiger partial charge in [0.1, 0.15) is 10.4 Å². The smallest absolute Gasteiger partial charge is 0.123 e. The summed E-state index contributed by atoms with van der Waals surface area (Å²) in [5.74, 6) is 0. The Morgan fingerprint density at radius 3 is 2.65 bits per heavy atom. The van der Waals surface area contributed by atoms with E-state index in [1.807, 2.05) is 13.8 Å². The second-order valence-corrected chi connectivity index (χ2v) is 6.26. The highest BCUT2D eigenvalue weighted by molar-refractivity contribution is 7.20. The van der Waals surface area contributed by atoms with E-state index >= 15 is 0 Å². The average Bonchev–Trinajstić information content (AvgIpc) is 2.83. The SMILES string of the molecule is CC(C)n1nccc1C(O)c1cc(Cl)sc1Cl. The molecule has 2 rings (SSSR count). The molecule has 0 aromatic carbocycles. The molecule has 0 aliphatic rings. The van der Waals surface area contributed by atoms with E-state index in [1.165, 1.54) is 11.3 Å². The number of halogens is 2. The first-order valence-electron chi connectivity index (χ1n) is 5.17. The summed E-state index contributed by atoms with van der Waals surface area (Å²) in [6, 6.07) is 3.66. The van der Waals surface area contributed by atoms with Gasteiger partial charge < -0.3 is 5.11 Å². The molecule has 0 fully saturated rings. The van der Waals surface area contributed by atoms with Crippen molar-refractivity contribution >= 4 is 34.5 Å². The molecule has 0 radical (unpaired) electrons. The largest absolute Gasteiger partial charge is 0.382 e. The van der Waals surface area contributed by atoms with Gasteiger partial charge in [-0.25, -0.2) is 0 Å². The number of aromatic nitrogens is 2. The van der Waals surface area contributed by atoms with Crippen LogP contribution in [0.25, 0.3) is 0 Å². The van der Waals surface area contributed by atoms with Crippen molar-refractivity contribution in [1.82, 2.24) is 9.78 Å². The molecular weight excluding hydrogens is 279 g/mol. The summed E-state index contributed by atoms with van der Waals surface area (Å²) >= 11 is 13.2. The average molecular weight is 291 g/mol. The Kier molecular flexibility index (Phi) is 3.78. The summed E-state index contributed by atoms with van der Waals surface area (Å²) in [4.78, 5) is 0. The van der Waals surface area contributed by atoms with Gasteiger partial charge in [0.2, 0.25) is 0 Å². The molecule has 3 nitrogen and oxygen atoms in total. The lowest BCUT2D eigenvalue weighted by Gasteiger charge is -2.15. The van der Waals surface area contributed by atoms with Gasteiger partial charge in [-0.1, -0.05) is 23.2 Å². The maximum atomic E-state index is 10.3. The Morgan fingerprint density at radius 2 is 2.12 bits per heavy atom. The van der Waals surface area contributed by atoms with Gasteiger partial charge in [0.05, 0.1) is 10.0 Å². The van der Waals surface area contributed by atoms with E-state index in [0.717, 1.165) is 5.69 Å². The van der Waals surface area contributed by atoms with Crippen LogP contribution in [0.3, 0.4) is 0 Å². The third-order valence-corrected chi connectivity index (χ3v) is 3.97. The van der Waals surface area contributed by atoms with Gasteiger partial charge >= 0.3 is 0 Å². The molecule has 0 saturated heterocycles. The fourth-order valence-corrected chi connectivity index (χ4v) is 3.19. The molecule has 0 aliphatic heterocycles. The fraction of sp³-hybridized carbons (Fsp3) is 0.364. The Bertz CT molecular complexity index is 521. The third kappa shape index (κ3) is 2.50. The van der Waals surface area contributed by atoms with E-state index in [2.05, 4.69) is 5.10 Å². The standard InChI is InChI=1S/C11H12Cl2N2OS/c1-6(2)15-8(3-4-14-15)10(16)7-5-9(12)17-11(7)13/h3-6,10,16H,1-2H3. The minimum absolute atomic E-state index is 0.183. The number of rotatable bonds is 3. The van der Waals surface area contributed by atoms with E-state index in [0.29, 0.717) is 14.2 Å². The molecule has 0 amide bonds. The van der Waals surface area contributed by atoms with Crippen LogP contribution >= 0.6 is 34.5 Å². The molecule has 1 N–H and O–H groups in total. The summed E-state index contributed by atoms with van der Waals surface area (Å²) in [5, 5.41) is 14.5. The van der Waals surface area contributed by atoms with E-state index in [1.54, 1.807) is 23.0 Å². The van der Waals surface area contributed by atoms with Crippen molar-refractivity contribution in [1.29, 1.82) is 0 Å². The van der Waals surface area contributed by atoms with E-state index in [9.17, 15) is 5.11 Å². The van der Waals surface area contributed by atoms with Crippen molar-refractivity contribution in [2.24, 2.45) is 0 Å². The van der Waals surface area contributed by atoms with E-state index in [-0.39, 0.29) is 6.04 Å². The minimum atomic E-state index is -0.795. The van der Waals surface area contributed by atoms with Gasteiger partial charge in [0.25, 0.3) is 0 Å². The summed E-state index contributed by atoms with van der Waals surface area (Å²) in [6.45, 7) is 4.01. The first-order chi connectivity index (χ1) is 8.00. The van der Waals surface area contributed by atoms with Crippen molar-refractivity contribution in [3.63, 3.8) is 0 Å². The quantitative estimate of drug-likeness (QED) is 0.931. The third-order valence-electron chi connectivity index (χ3n) is 2.45. The predicted octanol–water partition coefficient (Wildman–Crippen LogP) is 3.91. The van der Waals surface area contributed by atoms with Crippen molar-refractivity contribution < 1.29 is 5.11 Å². The van der Waals surface area contributed by atoms with Crippen LogP contribution in [0.1, 0.15) is 37.3 Å². The summed E-state index contributed by atoms with van der Waals surface area (Å²) in [7, 11) is 0. The normalized spacial score (nSPS) is 13.3. The zero-order valence-electron chi connectivity index (χ0n) is 9.39. The molecule has 6 heteroatoms. The molecule has 2 heterocycles. The first-order valence-corrected chi connectivity index (χ1v) is 6.74. The monoisotopic (exact) mass is 290 g/mol. The second kappa shape index (κ2) is 4.98. The molecular formula is C11H12Cl2N2OS. The van der Waals surface area contributed by atoms with Gasteiger partial charge in [-0.05, 0) is 26.0 Å². The van der Waals surface area contributed by atoms with Crippen molar-refractivity contribution in [3.05, 3.63) is 38.3 Å². The number of hydrogen-bond donors (Lipinski definition) is 1. The van der Waals surface area contributed by atoms with E-state index < -0.39 is 6.10 Å². The van der Waals surface area contributed by atoms with Gasteiger partial charge in [0, 0.05) is 17.8 Å². The molecule has 0 bridgehead atoms. The second-order valence-electron chi connectivity index (χ2n) is 3.98. The predicted molar refractivity (Wildman–Crippen MR) is 71.0 cm³/mol. The molecule has 2 aromatic rings. The Hall–Kier alpha value is -0.550. The number of aliphatic hydroxyl groups is 1. The Labute approximate surface area is 114 Å². The Morgan fingerprint density at radius 1 is 1.41 bits per heavy atom. The lowest BCUT2D eigenvalue weighted by atomic mass is 10.1. The molecule has 0 saturated carbocycles. The molecule has 1 unspecified atom stereocenters. The van der Waals surface area contributed by atoms with Crippen LogP contribution in [0, 0.1) is 0 Å². The van der Waals surface area contributed by atoms with Gasteiger partial charge in [-0.3, -0.25) is 4.68 Å². The fourth-order valence-electron chi connectivity index (χ4n) is 1.67. The Balaban J connectivity index is 2.40. The maximum absolute atomic E-state index is 10.3. The van der Waals surface area contributed by atoms with Gasteiger partial charge in [-0.15, -0.1) is 11.3 Å². The molecule has 1 atom stereocenters. The molecule has 2 aromatic heterocycles. The van der Waals surface area contributed by atoms with Gasteiger partial charge in [0.15, 0.2) is 0 Å². The van der Waals surface area contributed by atoms with Crippen LogP contribution in [0.2, 0.25) is 8.67 Å². The number of hydrogen-bond acceptors (Lipinski definition) is 3. The number of nitrogens with zero attached hydrogens (tertiary/aromatic N) is 2. The number of thiophene rings is 1. The summed E-state index contributed by atoms with van der Waals surface area (Å²) in [5.41, 5.74) is 1.35. The van der Waals surface area contributed by atoms with Crippen molar-refractivity contribution in [2.75, 3.05) is 0 Å². The van der Waals surface area contributed by atoms with Crippen LogP contribution in [0.4, 0.5) is 0 Å². The lowest BCUT2D eigenvalue weighted by Crippen LogP contribution is -2.11. The highest BCUT2D eigenvalue weighted by Crippen LogP contribution is 2.37. The maximum Gasteiger partial charge on any atom is 0.123 e. The molecule has 92 valence electrons. The van der Waals surface area contributed by atoms with Crippen LogP contribution < -0.4 is 0 Å². The van der Waals surface area contributed by atoms with Crippen LogP contribution in [0.15, 0.2) is 18.3 Å².